The highest BCUT2D eigenvalue weighted by molar-refractivity contribution is 7.89. The zero-order chi connectivity index (χ0) is 14.8. The largest absolute Gasteiger partial charge is 0.384 e. The Bertz CT molecular complexity index is 664. The van der Waals surface area contributed by atoms with Crippen LogP contribution >= 0.6 is 0 Å². The van der Waals surface area contributed by atoms with E-state index < -0.39 is 10.0 Å². The van der Waals surface area contributed by atoms with E-state index in [0.29, 0.717) is 6.54 Å². The number of aliphatic hydroxyl groups is 1. The third kappa shape index (κ3) is 3.60. The van der Waals surface area contributed by atoms with Crippen molar-refractivity contribution in [3.63, 3.8) is 0 Å². The van der Waals surface area contributed by atoms with Crippen LogP contribution in [0.3, 0.4) is 0 Å². The van der Waals surface area contributed by atoms with Crippen molar-refractivity contribution in [3.8, 4) is 11.8 Å². The van der Waals surface area contributed by atoms with Gasteiger partial charge in [0.25, 0.3) is 0 Å². The summed E-state index contributed by atoms with van der Waals surface area (Å²) in [5.41, 5.74) is 1.65. The molecule has 0 aliphatic heterocycles. The zero-order valence-corrected chi connectivity index (χ0v) is 12.5. The van der Waals surface area contributed by atoms with Crippen LogP contribution in [-0.4, -0.2) is 26.7 Å². The Kier molecular flexibility index (Phi) is 4.19. The van der Waals surface area contributed by atoms with E-state index in [0.717, 1.165) is 24.0 Å². The minimum absolute atomic E-state index is 0.134. The van der Waals surface area contributed by atoms with Crippen LogP contribution in [0, 0.1) is 24.2 Å². The van der Waals surface area contributed by atoms with Crippen LogP contribution in [0.15, 0.2) is 23.1 Å². The number of nitrogens with one attached hydrogen (secondary N) is 1. The second-order valence-corrected chi connectivity index (χ2v) is 7.34. The van der Waals surface area contributed by atoms with Crippen molar-refractivity contribution in [2.75, 3.05) is 13.2 Å². The van der Waals surface area contributed by atoms with Gasteiger partial charge in [0.15, 0.2) is 0 Å². The number of aliphatic hydroxyl groups excluding tert-OH is 1. The summed E-state index contributed by atoms with van der Waals surface area (Å²) in [7, 11) is -3.46. The Hall–Kier alpha value is -1.35. The Labute approximate surface area is 120 Å². The van der Waals surface area contributed by atoms with Gasteiger partial charge in [0.2, 0.25) is 10.0 Å². The van der Waals surface area contributed by atoms with Crippen molar-refractivity contribution in [2.24, 2.45) is 5.41 Å². The van der Waals surface area contributed by atoms with Crippen LogP contribution in [0.25, 0.3) is 0 Å². The molecule has 1 aliphatic carbocycles. The maximum atomic E-state index is 12.2. The molecule has 0 aromatic heterocycles. The van der Waals surface area contributed by atoms with Gasteiger partial charge in [0.05, 0.1) is 4.90 Å². The summed E-state index contributed by atoms with van der Waals surface area (Å²) in [6, 6.07) is 4.83. The fourth-order valence-corrected chi connectivity index (χ4v) is 3.11. The molecule has 1 aliphatic rings. The lowest BCUT2D eigenvalue weighted by Gasteiger charge is -2.11. The smallest absolute Gasteiger partial charge is 0.240 e. The molecular weight excluding hydrogens is 274 g/mol. The molecule has 0 unspecified atom stereocenters. The first kappa shape index (κ1) is 15.0. The van der Waals surface area contributed by atoms with Gasteiger partial charge in [-0.2, -0.15) is 0 Å². The molecule has 0 radical (unpaired) electrons. The number of benzene rings is 1. The number of hydrogen-bond donors (Lipinski definition) is 2. The Balaban J connectivity index is 2.17. The first-order chi connectivity index (χ1) is 9.36. The summed E-state index contributed by atoms with van der Waals surface area (Å²) in [6.07, 6.45) is 2.15. The van der Waals surface area contributed by atoms with Gasteiger partial charge in [-0.1, -0.05) is 18.8 Å². The molecule has 0 amide bonds. The summed E-state index contributed by atoms with van der Waals surface area (Å²) >= 11 is 0. The van der Waals surface area contributed by atoms with Gasteiger partial charge in [-0.05, 0) is 48.9 Å². The number of rotatable bonds is 4. The summed E-state index contributed by atoms with van der Waals surface area (Å²) in [6.45, 7) is 4.16. The van der Waals surface area contributed by atoms with Crippen molar-refractivity contribution < 1.29 is 13.5 Å². The van der Waals surface area contributed by atoms with E-state index in [9.17, 15) is 8.42 Å². The maximum absolute atomic E-state index is 12.2. The number of hydrogen-bond acceptors (Lipinski definition) is 3. The van der Waals surface area contributed by atoms with E-state index in [2.05, 4.69) is 23.5 Å². The molecule has 1 saturated carbocycles. The molecule has 108 valence electrons. The van der Waals surface area contributed by atoms with Gasteiger partial charge in [0, 0.05) is 12.1 Å². The van der Waals surface area contributed by atoms with Crippen LogP contribution in [0.4, 0.5) is 0 Å². The van der Waals surface area contributed by atoms with Gasteiger partial charge in [-0.3, -0.25) is 0 Å². The van der Waals surface area contributed by atoms with Crippen LogP contribution in [0.5, 0.6) is 0 Å². The molecule has 2 rings (SSSR count). The van der Waals surface area contributed by atoms with Crippen molar-refractivity contribution >= 4 is 10.0 Å². The van der Waals surface area contributed by atoms with Crippen molar-refractivity contribution in [3.05, 3.63) is 29.3 Å². The second-order valence-electron chi connectivity index (χ2n) is 5.57. The summed E-state index contributed by atoms with van der Waals surface area (Å²) in [5, 5.41) is 8.67. The van der Waals surface area contributed by atoms with Gasteiger partial charge >= 0.3 is 0 Å². The predicted octanol–water partition coefficient (Wildman–Crippen LogP) is 1.42. The first-order valence-corrected chi connectivity index (χ1v) is 8.05. The monoisotopic (exact) mass is 293 g/mol. The minimum Gasteiger partial charge on any atom is -0.384 e. The molecule has 0 heterocycles. The molecule has 2 N–H and O–H groups in total. The fourth-order valence-electron chi connectivity index (χ4n) is 1.82. The lowest BCUT2D eigenvalue weighted by atomic mass is 10.1. The van der Waals surface area contributed by atoms with E-state index in [1.165, 1.54) is 0 Å². The molecule has 1 fully saturated rings. The van der Waals surface area contributed by atoms with E-state index in [4.69, 9.17) is 5.11 Å². The van der Waals surface area contributed by atoms with Gasteiger partial charge < -0.3 is 5.11 Å². The lowest BCUT2D eigenvalue weighted by Crippen LogP contribution is -2.29. The normalized spacial score (nSPS) is 16.4. The summed E-state index contributed by atoms with van der Waals surface area (Å²) in [4.78, 5) is 0.258. The quantitative estimate of drug-likeness (QED) is 0.825. The van der Waals surface area contributed by atoms with Crippen LogP contribution in [0.1, 0.15) is 30.9 Å². The van der Waals surface area contributed by atoms with Gasteiger partial charge in [0.1, 0.15) is 6.61 Å². The van der Waals surface area contributed by atoms with E-state index >= 15 is 0 Å². The maximum Gasteiger partial charge on any atom is 0.240 e. The molecule has 1 aromatic carbocycles. The third-order valence-corrected chi connectivity index (χ3v) is 5.00. The zero-order valence-electron chi connectivity index (χ0n) is 11.7. The van der Waals surface area contributed by atoms with Gasteiger partial charge in [-0.25, -0.2) is 13.1 Å². The predicted molar refractivity (Wildman–Crippen MR) is 77.7 cm³/mol. The topological polar surface area (TPSA) is 66.4 Å². The molecule has 0 saturated heterocycles. The molecule has 4 nitrogen and oxygen atoms in total. The molecule has 5 heteroatoms. The molecule has 20 heavy (non-hydrogen) atoms. The molecule has 0 bridgehead atoms. The minimum atomic E-state index is -3.46. The Morgan fingerprint density at radius 2 is 2.10 bits per heavy atom. The fraction of sp³-hybridized carbons (Fsp3) is 0.467. The van der Waals surface area contributed by atoms with Crippen LogP contribution in [-0.2, 0) is 10.0 Å². The molecule has 0 atom stereocenters. The Morgan fingerprint density at radius 1 is 1.40 bits per heavy atom. The molecule has 1 aromatic rings. The molecular formula is C15H19NO3S. The van der Waals surface area contributed by atoms with Crippen LogP contribution in [0.2, 0.25) is 0 Å². The second kappa shape index (κ2) is 5.57. The van der Waals surface area contributed by atoms with E-state index in [-0.39, 0.29) is 16.9 Å². The average molecular weight is 293 g/mol. The first-order valence-electron chi connectivity index (χ1n) is 6.56. The SMILES string of the molecule is Cc1cc(S(=O)(=O)NCC2(C)CC2)ccc1C#CCO. The summed E-state index contributed by atoms with van der Waals surface area (Å²) < 4.78 is 27.1. The van der Waals surface area contributed by atoms with Crippen molar-refractivity contribution in [1.29, 1.82) is 0 Å². The summed E-state index contributed by atoms with van der Waals surface area (Å²) in [5.74, 6) is 5.35. The highest BCUT2D eigenvalue weighted by atomic mass is 32.2. The highest BCUT2D eigenvalue weighted by Crippen LogP contribution is 2.44. The third-order valence-electron chi connectivity index (χ3n) is 3.60. The number of sulfonamides is 1. The van der Waals surface area contributed by atoms with Gasteiger partial charge in [-0.15, -0.1) is 0 Å². The Morgan fingerprint density at radius 3 is 2.65 bits per heavy atom. The average Bonchev–Trinajstić information content (AvgIpc) is 3.14. The van der Waals surface area contributed by atoms with Crippen LogP contribution < -0.4 is 4.72 Å². The van der Waals surface area contributed by atoms with E-state index in [1.54, 1.807) is 18.2 Å². The van der Waals surface area contributed by atoms with Crippen molar-refractivity contribution in [1.82, 2.24) is 4.72 Å². The number of aryl methyl sites for hydroxylation is 1. The van der Waals surface area contributed by atoms with E-state index in [1.807, 2.05) is 6.92 Å². The molecule has 0 spiro atoms. The standard InChI is InChI=1S/C15H19NO3S/c1-12-10-14(6-5-13(12)4-3-9-17)20(18,19)16-11-15(2)7-8-15/h5-6,10,16-17H,7-9,11H2,1-2H3. The van der Waals surface area contributed by atoms with Crippen molar-refractivity contribution in [2.45, 2.75) is 31.6 Å². The lowest BCUT2D eigenvalue weighted by molar-refractivity contribution is 0.350. The highest BCUT2D eigenvalue weighted by Gasteiger charge is 2.38.